The molecule has 2 heterocycles. The molecule has 0 aliphatic carbocycles. The van der Waals surface area contributed by atoms with E-state index < -0.39 is 11.1 Å². The molecule has 4 nitrogen and oxygen atoms in total. The van der Waals surface area contributed by atoms with Crippen LogP contribution in [0.1, 0.15) is 45.4 Å². The molecule has 1 aromatic rings. The van der Waals surface area contributed by atoms with Gasteiger partial charge in [-0.3, -0.25) is 9.59 Å². The van der Waals surface area contributed by atoms with Gasteiger partial charge in [0.1, 0.15) is 11.1 Å². The summed E-state index contributed by atoms with van der Waals surface area (Å²) in [5.41, 5.74) is -1.61. The second-order valence-corrected chi connectivity index (χ2v) is 7.71. The van der Waals surface area contributed by atoms with Crippen LogP contribution >= 0.6 is 27.3 Å². The minimum atomic E-state index is -0.810. The van der Waals surface area contributed by atoms with E-state index in [2.05, 4.69) is 21.2 Å². The van der Waals surface area contributed by atoms with Gasteiger partial charge in [0.25, 0.3) is 0 Å². The van der Waals surface area contributed by atoms with E-state index in [1.807, 2.05) is 32.2 Å². The Morgan fingerprint density at radius 1 is 1.29 bits per heavy atom. The lowest BCUT2D eigenvalue weighted by atomic mass is 9.84. The third-order valence-electron chi connectivity index (χ3n) is 4.58. The van der Waals surface area contributed by atoms with E-state index in [1.165, 1.54) is 0 Å². The van der Waals surface area contributed by atoms with Crippen LogP contribution in [0.2, 0.25) is 0 Å². The number of carbonyl (C=O) groups is 2. The van der Waals surface area contributed by atoms with Crippen molar-refractivity contribution in [2.75, 3.05) is 0 Å². The predicted octanol–water partition coefficient (Wildman–Crippen LogP) is 3.31. The molecule has 2 atom stereocenters. The van der Waals surface area contributed by atoms with Crippen LogP contribution in [0, 0.1) is 0 Å². The summed E-state index contributed by atoms with van der Waals surface area (Å²) in [4.78, 5) is 28.3. The fourth-order valence-electron chi connectivity index (χ4n) is 2.50. The number of rotatable bonds is 4. The van der Waals surface area contributed by atoms with E-state index in [4.69, 9.17) is 0 Å². The van der Waals surface area contributed by atoms with Gasteiger partial charge in [-0.25, -0.2) is 0 Å². The van der Waals surface area contributed by atoms with Gasteiger partial charge >= 0.3 is 0 Å². The first-order chi connectivity index (χ1) is 9.78. The minimum Gasteiger partial charge on any atom is -0.340 e. The van der Waals surface area contributed by atoms with Gasteiger partial charge < -0.3 is 10.2 Å². The van der Waals surface area contributed by atoms with Crippen LogP contribution in [0.3, 0.4) is 0 Å². The van der Waals surface area contributed by atoms with E-state index in [-0.39, 0.29) is 11.8 Å². The number of piperazine rings is 1. The molecular weight excluding hydrogens is 352 g/mol. The highest BCUT2D eigenvalue weighted by Gasteiger charge is 2.52. The van der Waals surface area contributed by atoms with E-state index in [1.54, 1.807) is 23.2 Å². The van der Waals surface area contributed by atoms with Crippen LogP contribution in [0.4, 0.5) is 0 Å². The number of amides is 2. The van der Waals surface area contributed by atoms with E-state index in [0.717, 1.165) is 9.35 Å². The molecule has 0 aromatic carbocycles. The molecule has 1 fully saturated rings. The van der Waals surface area contributed by atoms with Crippen LogP contribution in [0.25, 0.3) is 0 Å². The predicted molar refractivity (Wildman–Crippen MR) is 88.1 cm³/mol. The summed E-state index contributed by atoms with van der Waals surface area (Å²) < 4.78 is 0.989. The Kier molecular flexibility index (Phi) is 4.49. The Morgan fingerprint density at radius 3 is 2.43 bits per heavy atom. The fourth-order valence-corrected chi connectivity index (χ4v) is 3.97. The smallest absolute Gasteiger partial charge is 0.249 e. The fraction of sp³-hybridized carbons (Fsp3) is 0.600. The molecule has 1 N–H and O–H groups in total. The minimum absolute atomic E-state index is 0.00532. The molecule has 2 unspecified atom stereocenters. The summed E-state index contributed by atoms with van der Waals surface area (Å²) in [6.07, 6.45) is 1.17. The maximum atomic E-state index is 12.9. The van der Waals surface area contributed by atoms with Crippen molar-refractivity contribution >= 4 is 39.1 Å². The van der Waals surface area contributed by atoms with Crippen LogP contribution in [0.15, 0.2) is 15.9 Å². The topological polar surface area (TPSA) is 49.4 Å². The maximum Gasteiger partial charge on any atom is 0.249 e. The Labute approximate surface area is 138 Å². The summed E-state index contributed by atoms with van der Waals surface area (Å²) in [7, 11) is 0. The first-order valence-corrected chi connectivity index (χ1v) is 8.82. The summed E-state index contributed by atoms with van der Waals surface area (Å²) in [5, 5.41) is 4.90. The van der Waals surface area contributed by atoms with Gasteiger partial charge in [0.2, 0.25) is 11.8 Å². The van der Waals surface area contributed by atoms with Crippen molar-refractivity contribution in [2.45, 2.75) is 58.2 Å². The number of nitrogens with zero attached hydrogens (tertiary/aromatic N) is 1. The third-order valence-corrected chi connectivity index (χ3v) is 6.49. The van der Waals surface area contributed by atoms with Crippen molar-refractivity contribution < 1.29 is 9.59 Å². The molecule has 0 saturated carbocycles. The summed E-state index contributed by atoms with van der Waals surface area (Å²) >= 11 is 5.10. The zero-order valence-electron chi connectivity index (χ0n) is 12.8. The number of thiophene rings is 1. The quantitative estimate of drug-likeness (QED) is 0.881. The normalized spacial score (nSPS) is 29.7. The zero-order valence-corrected chi connectivity index (χ0v) is 15.2. The largest absolute Gasteiger partial charge is 0.340 e. The van der Waals surface area contributed by atoms with Crippen molar-refractivity contribution in [2.24, 2.45) is 0 Å². The Bertz CT molecular complexity index is 574. The van der Waals surface area contributed by atoms with Gasteiger partial charge in [0, 0.05) is 9.35 Å². The van der Waals surface area contributed by atoms with Gasteiger partial charge in [-0.15, -0.1) is 11.3 Å². The lowest BCUT2D eigenvalue weighted by Crippen LogP contribution is -2.73. The number of hydrogen-bond acceptors (Lipinski definition) is 3. The molecular formula is C15H21BrN2O2S. The van der Waals surface area contributed by atoms with Gasteiger partial charge in [-0.05, 0) is 54.1 Å². The van der Waals surface area contributed by atoms with Crippen molar-refractivity contribution in [1.29, 1.82) is 0 Å². The van der Waals surface area contributed by atoms with E-state index >= 15 is 0 Å². The van der Waals surface area contributed by atoms with Crippen LogP contribution in [-0.4, -0.2) is 27.8 Å². The molecule has 116 valence electrons. The van der Waals surface area contributed by atoms with Crippen molar-refractivity contribution in [3.8, 4) is 0 Å². The summed E-state index contributed by atoms with van der Waals surface area (Å²) in [5.74, 6) is -0.0733. The second-order valence-electron chi connectivity index (χ2n) is 5.85. The molecule has 6 heteroatoms. The van der Waals surface area contributed by atoms with Gasteiger partial charge in [0.15, 0.2) is 0 Å². The Hall–Kier alpha value is -0.880. The Balaban J connectivity index is 2.42. The van der Waals surface area contributed by atoms with Crippen LogP contribution in [0.5, 0.6) is 0 Å². The molecule has 1 aliphatic heterocycles. The lowest BCUT2D eigenvalue weighted by molar-refractivity contribution is -0.162. The first-order valence-electron chi connectivity index (χ1n) is 7.15. The highest BCUT2D eigenvalue weighted by molar-refractivity contribution is 9.10. The van der Waals surface area contributed by atoms with Crippen molar-refractivity contribution in [3.05, 3.63) is 20.8 Å². The second kappa shape index (κ2) is 5.72. The molecule has 1 saturated heterocycles. The highest BCUT2D eigenvalue weighted by Crippen LogP contribution is 2.34. The number of halogens is 1. The molecule has 1 aliphatic rings. The third kappa shape index (κ3) is 2.63. The molecule has 0 bridgehead atoms. The van der Waals surface area contributed by atoms with Crippen molar-refractivity contribution in [3.63, 3.8) is 0 Å². The van der Waals surface area contributed by atoms with Crippen molar-refractivity contribution in [1.82, 2.24) is 10.2 Å². The monoisotopic (exact) mass is 372 g/mol. The summed E-state index contributed by atoms with van der Waals surface area (Å²) in [6, 6.07) is 1.97. The average molecular weight is 373 g/mol. The molecule has 21 heavy (non-hydrogen) atoms. The summed E-state index contributed by atoms with van der Waals surface area (Å²) in [6.45, 7) is 7.98. The SMILES string of the molecule is CCC1(C)NC(=O)C(C)(CC)N(Cc2sccc2Br)C1=O. The standard InChI is InChI=1S/C15H21BrN2O2S/c1-5-14(3)13(20)18(9-11-10(16)7-8-21-11)15(4,6-2)12(19)17-14/h7-8H,5-6,9H2,1-4H3,(H,17,19). The molecule has 1 aromatic heterocycles. The molecule has 0 spiro atoms. The zero-order chi connectivity index (χ0) is 15.8. The Morgan fingerprint density at radius 2 is 1.95 bits per heavy atom. The molecule has 2 rings (SSSR count). The lowest BCUT2D eigenvalue weighted by Gasteiger charge is -2.49. The van der Waals surface area contributed by atoms with E-state index in [0.29, 0.717) is 19.4 Å². The highest BCUT2D eigenvalue weighted by atomic mass is 79.9. The van der Waals surface area contributed by atoms with Gasteiger partial charge in [-0.2, -0.15) is 0 Å². The van der Waals surface area contributed by atoms with Gasteiger partial charge in [0.05, 0.1) is 6.54 Å². The maximum absolute atomic E-state index is 12.9. The number of hydrogen-bond donors (Lipinski definition) is 1. The number of nitrogens with one attached hydrogen (secondary N) is 1. The number of carbonyl (C=O) groups excluding carboxylic acids is 2. The first kappa shape index (κ1) is 16.5. The molecule has 0 radical (unpaired) electrons. The molecule has 2 amide bonds. The van der Waals surface area contributed by atoms with Gasteiger partial charge in [-0.1, -0.05) is 13.8 Å². The van der Waals surface area contributed by atoms with E-state index in [9.17, 15) is 9.59 Å². The van der Waals surface area contributed by atoms with Crippen LogP contribution < -0.4 is 5.32 Å². The average Bonchev–Trinajstić information content (AvgIpc) is 2.86. The van der Waals surface area contributed by atoms with Crippen LogP contribution in [-0.2, 0) is 16.1 Å².